The number of nitriles is 1. The van der Waals surface area contributed by atoms with Crippen molar-refractivity contribution in [2.45, 2.75) is 6.92 Å². The number of nitrogen functional groups attached to an aromatic ring is 1. The van der Waals surface area contributed by atoms with Crippen LogP contribution in [0.5, 0.6) is 0 Å². The van der Waals surface area contributed by atoms with E-state index < -0.39 is 4.92 Å². The number of hydrogen-bond acceptors (Lipinski definition) is 8. The number of anilines is 2. The first kappa shape index (κ1) is 13.6. The Morgan fingerprint density at radius 3 is 2.94 bits per heavy atom. The van der Waals surface area contributed by atoms with Crippen LogP contribution in [0.1, 0.15) is 6.92 Å². The van der Waals surface area contributed by atoms with Gasteiger partial charge in [0.2, 0.25) is 11.8 Å². The molecule has 1 aromatic heterocycles. The summed E-state index contributed by atoms with van der Waals surface area (Å²) >= 11 is 0. The van der Waals surface area contributed by atoms with Gasteiger partial charge in [-0.2, -0.15) is 10.2 Å². The minimum Gasteiger partial charge on any atom is -0.352 e. The zero-order chi connectivity index (χ0) is 13.7. The Kier molecular flexibility index (Phi) is 4.33. The average molecular weight is 251 g/mol. The van der Waals surface area contributed by atoms with E-state index in [-0.39, 0.29) is 23.4 Å². The zero-order valence-corrected chi connectivity index (χ0v) is 9.99. The van der Waals surface area contributed by atoms with Gasteiger partial charge in [-0.1, -0.05) is 0 Å². The van der Waals surface area contributed by atoms with E-state index in [1.165, 1.54) is 4.90 Å². The van der Waals surface area contributed by atoms with Gasteiger partial charge in [0.15, 0.2) is 0 Å². The molecule has 0 fully saturated rings. The number of hydrogen-bond donors (Lipinski definition) is 2. The van der Waals surface area contributed by atoms with Crippen LogP contribution < -0.4 is 16.2 Å². The molecule has 1 rings (SSSR count). The molecule has 0 aliphatic carbocycles. The van der Waals surface area contributed by atoms with Gasteiger partial charge >= 0.3 is 5.69 Å². The largest absolute Gasteiger partial charge is 0.352 e. The third-order valence-electron chi connectivity index (χ3n) is 2.21. The van der Waals surface area contributed by atoms with E-state index in [0.29, 0.717) is 6.54 Å². The molecule has 1 atom stereocenters. The van der Waals surface area contributed by atoms with Crippen LogP contribution in [0.15, 0.2) is 6.20 Å². The smallest absolute Gasteiger partial charge is 0.329 e. The second-order valence-corrected chi connectivity index (χ2v) is 3.71. The maximum Gasteiger partial charge on any atom is 0.329 e. The van der Waals surface area contributed by atoms with Crippen molar-refractivity contribution in [3.8, 4) is 6.07 Å². The molecule has 3 N–H and O–H groups in total. The van der Waals surface area contributed by atoms with Gasteiger partial charge in [-0.3, -0.25) is 15.5 Å². The molecule has 1 unspecified atom stereocenters. The van der Waals surface area contributed by atoms with Crippen LogP contribution in [0, 0.1) is 27.4 Å². The summed E-state index contributed by atoms with van der Waals surface area (Å²) in [5, 5.41) is 19.6. The van der Waals surface area contributed by atoms with Crippen LogP contribution >= 0.6 is 0 Å². The number of nitrogens with one attached hydrogen (secondary N) is 1. The van der Waals surface area contributed by atoms with Crippen molar-refractivity contribution in [2.75, 3.05) is 23.9 Å². The Morgan fingerprint density at radius 1 is 1.78 bits per heavy atom. The third kappa shape index (κ3) is 3.02. The van der Waals surface area contributed by atoms with Crippen LogP contribution in [-0.2, 0) is 0 Å². The summed E-state index contributed by atoms with van der Waals surface area (Å²) in [7, 11) is 1.61. The molecular weight excluding hydrogens is 238 g/mol. The molecule has 9 heteroatoms. The summed E-state index contributed by atoms with van der Waals surface area (Å²) in [6, 6.07) is 2.05. The fraction of sp³-hybridized carbons (Fsp3) is 0.444. The minimum absolute atomic E-state index is 0.0760. The van der Waals surface area contributed by atoms with E-state index in [1.807, 2.05) is 6.07 Å². The van der Waals surface area contributed by atoms with E-state index in [9.17, 15) is 10.1 Å². The molecule has 0 spiro atoms. The monoisotopic (exact) mass is 251 g/mol. The Hall–Kier alpha value is -2.47. The Morgan fingerprint density at radius 2 is 2.44 bits per heavy atom. The van der Waals surface area contributed by atoms with Crippen LogP contribution in [0.2, 0.25) is 0 Å². The lowest BCUT2D eigenvalue weighted by Crippen LogP contribution is -2.26. The van der Waals surface area contributed by atoms with Crippen molar-refractivity contribution in [1.29, 1.82) is 5.26 Å². The topological polar surface area (TPSA) is 134 Å². The fourth-order valence-electron chi connectivity index (χ4n) is 1.38. The molecule has 0 aliphatic heterocycles. The van der Waals surface area contributed by atoms with Gasteiger partial charge in [-0.25, -0.2) is 10.8 Å². The minimum atomic E-state index is -0.580. The first-order valence-electron chi connectivity index (χ1n) is 5.08. The van der Waals surface area contributed by atoms with Gasteiger partial charge in [0.1, 0.15) is 6.20 Å². The molecule has 1 heterocycles. The maximum absolute atomic E-state index is 10.9. The van der Waals surface area contributed by atoms with Crippen molar-refractivity contribution in [3.05, 3.63) is 16.3 Å². The lowest BCUT2D eigenvalue weighted by Gasteiger charge is -2.19. The Balaban J connectivity index is 3.11. The number of hydrazine groups is 1. The quantitative estimate of drug-likeness (QED) is 0.432. The van der Waals surface area contributed by atoms with Crippen molar-refractivity contribution < 1.29 is 4.92 Å². The predicted octanol–water partition coefficient (Wildman–Crippen LogP) is 0.266. The number of nitrogens with zero attached hydrogens (tertiary/aromatic N) is 5. The lowest BCUT2D eigenvalue weighted by molar-refractivity contribution is -0.384. The second-order valence-electron chi connectivity index (χ2n) is 3.71. The van der Waals surface area contributed by atoms with Crippen LogP contribution in [0.4, 0.5) is 17.5 Å². The predicted molar refractivity (Wildman–Crippen MR) is 64.5 cm³/mol. The van der Waals surface area contributed by atoms with Crippen LogP contribution in [0.25, 0.3) is 0 Å². The molecule has 0 saturated heterocycles. The summed E-state index contributed by atoms with van der Waals surface area (Å²) in [6.07, 6.45) is 1.07. The average Bonchev–Trinajstić information content (AvgIpc) is 2.37. The molecule has 0 amide bonds. The maximum atomic E-state index is 10.9. The SMILES string of the molecule is CC(C#N)CN(C)c1nc(NN)ncc1[N+](=O)[O-]. The lowest BCUT2D eigenvalue weighted by atomic mass is 10.2. The number of nitrogens with two attached hydrogens (primary N) is 1. The number of rotatable bonds is 5. The van der Waals surface area contributed by atoms with Gasteiger partial charge < -0.3 is 4.90 Å². The van der Waals surface area contributed by atoms with Crippen molar-refractivity contribution >= 4 is 17.5 Å². The standard InChI is InChI=1S/C9H13N7O2/c1-6(3-10)5-15(2)8-7(16(17)18)4-12-9(13-8)14-11/h4,6H,5,11H2,1-2H3,(H,12,13,14). The van der Waals surface area contributed by atoms with E-state index in [0.717, 1.165) is 6.20 Å². The fourth-order valence-corrected chi connectivity index (χ4v) is 1.38. The zero-order valence-electron chi connectivity index (χ0n) is 9.99. The van der Waals surface area contributed by atoms with Crippen molar-refractivity contribution in [3.63, 3.8) is 0 Å². The summed E-state index contributed by atoms with van der Waals surface area (Å²) in [5.41, 5.74) is 1.98. The van der Waals surface area contributed by atoms with E-state index in [2.05, 4.69) is 15.4 Å². The van der Waals surface area contributed by atoms with Gasteiger partial charge in [0.05, 0.1) is 16.9 Å². The highest BCUT2D eigenvalue weighted by Crippen LogP contribution is 2.25. The van der Waals surface area contributed by atoms with E-state index >= 15 is 0 Å². The van der Waals surface area contributed by atoms with E-state index in [4.69, 9.17) is 11.1 Å². The molecule has 9 nitrogen and oxygen atoms in total. The highest BCUT2D eigenvalue weighted by molar-refractivity contribution is 5.58. The molecule has 96 valence electrons. The first-order chi connectivity index (χ1) is 8.49. The summed E-state index contributed by atoms with van der Waals surface area (Å²) < 4.78 is 0. The summed E-state index contributed by atoms with van der Waals surface area (Å²) in [6.45, 7) is 2.03. The van der Waals surface area contributed by atoms with Crippen LogP contribution in [0.3, 0.4) is 0 Å². The van der Waals surface area contributed by atoms with Crippen LogP contribution in [-0.4, -0.2) is 28.5 Å². The summed E-state index contributed by atoms with van der Waals surface area (Å²) in [5.74, 6) is 5.07. The number of nitro groups is 1. The molecule has 18 heavy (non-hydrogen) atoms. The Labute approximate surface area is 103 Å². The second kappa shape index (κ2) is 5.74. The van der Waals surface area contributed by atoms with Gasteiger partial charge in [0, 0.05) is 13.6 Å². The molecule has 0 radical (unpaired) electrons. The molecule has 0 bridgehead atoms. The number of aromatic nitrogens is 2. The van der Waals surface area contributed by atoms with Crippen molar-refractivity contribution in [1.82, 2.24) is 9.97 Å². The third-order valence-corrected chi connectivity index (χ3v) is 2.21. The molecule has 0 aromatic carbocycles. The highest BCUT2D eigenvalue weighted by atomic mass is 16.6. The molecule has 1 aromatic rings. The molecule has 0 saturated carbocycles. The van der Waals surface area contributed by atoms with E-state index in [1.54, 1.807) is 14.0 Å². The molecular formula is C9H13N7O2. The van der Waals surface area contributed by atoms with Gasteiger partial charge in [-0.05, 0) is 6.92 Å². The van der Waals surface area contributed by atoms with Crippen molar-refractivity contribution in [2.24, 2.45) is 11.8 Å². The highest BCUT2D eigenvalue weighted by Gasteiger charge is 2.21. The summed E-state index contributed by atoms with van der Waals surface area (Å²) in [4.78, 5) is 19.4. The first-order valence-corrected chi connectivity index (χ1v) is 5.08. The normalized spacial score (nSPS) is 11.4. The van der Waals surface area contributed by atoms with Gasteiger partial charge in [0.25, 0.3) is 0 Å². The van der Waals surface area contributed by atoms with Gasteiger partial charge in [-0.15, -0.1) is 0 Å². The molecule has 0 aliphatic rings. The Bertz CT molecular complexity index is 484.